The minimum atomic E-state index is -0.424. The summed E-state index contributed by atoms with van der Waals surface area (Å²) in [7, 11) is 0. The molecule has 0 saturated heterocycles. The fourth-order valence-electron chi connectivity index (χ4n) is 10.5. The van der Waals surface area contributed by atoms with Crippen molar-refractivity contribution in [3.63, 3.8) is 0 Å². The minimum Gasteiger partial charge on any atom is -0.256 e. The van der Waals surface area contributed by atoms with Crippen LogP contribution in [-0.2, 0) is 10.8 Å². The largest absolute Gasteiger partial charge is 0.256 e. The Labute approximate surface area is 442 Å². The molecular formula is C68H65ClN2. The van der Waals surface area contributed by atoms with Crippen LogP contribution < -0.4 is 0 Å². The van der Waals surface area contributed by atoms with Crippen molar-refractivity contribution in [3.8, 4) is 67.0 Å². The molecule has 1 aliphatic carbocycles. The maximum atomic E-state index is 8.58. The Kier molecular flexibility index (Phi) is 10.3. The van der Waals surface area contributed by atoms with E-state index in [4.69, 9.17) is 35.3 Å². The summed E-state index contributed by atoms with van der Waals surface area (Å²) in [6.07, 6.45) is 5.96. The van der Waals surface area contributed by atoms with Crippen molar-refractivity contribution in [2.45, 2.75) is 103 Å². The molecule has 354 valence electrons. The zero-order valence-corrected chi connectivity index (χ0v) is 42.6. The number of aryl methyl sites for hydroxylation is 2. The van der Waals surface area contributed by atoms with Crippen LogP contribution in [0.4, 0.5) is 0 Å². The number of hydrogen-bond acceptors (Lipinski definition) is 2. The number of halogens is 1. The summed E-state index contributed by atoms with van der Waals surface area (Å²) in [5.74, 6) is 0.478. The van der Waals surface area contributed by atoms with E-state index in [2.05, 4.69) is 139 Å². The highest BCUT2D eigenvalue weighted by Crippen LogP contribution is 2.53. The van der Waals surface area contributed by atoms with Gasteiger partial charge >= 0.3 is 0 Å². The average Bonchev–Trinajstić information content (AvgIpc) is 3.48. The Morgan fingerprint density at radius 1 is 0.423 bits per heavy atom. The summed E-state index contributed by atoms with van der Waals surface area (Å²) < 4.78 is 83.5. The summed E-state index contributed by atoms with van der Waals surface area (Å²) in [6.45, 7) is 17.2. The summed E-state index contributed by atoms with van der Waals surface area (Å²) in [4.78, 5) is 9.58. The zero-order chi connectivity index (χ0) is 58.1. The molecule has 71 heavy (non-hydrogen) atoms. The van der Waals surface area contributed by atoms with Gasteiger partial charge in [0.2, 0.25) is 0 Å². The number of pyridine rings is 2. The number of nitrogens with zero attached hydrogens (tertiary/aromatic N) is 2. The Morgan fingerprint density at radius 3 is 1.18 bits per heavy atom. The zero-order valence-electron chi connectivity index (χ0n) is 51.8. The van der Waals surface area contributed by atoms with Crippen LogP contribution in [-0.4, -0.2) is 9.97 Å². The molecule has 3 heteroatoms. The molecule has 1 saturated carbocycles. The molecule has 0 N–H and O–H groups in total. The highest BCUT2D eigenvalue weighted by molar-refractivity contribution is 6.31. The summed E-state index contributed by atoms with van der Waals surface area (Å²) >= 11 is 7.15. The lowest BCUT2D eigenvalue weighted by Gasteiger charge is -2.38. The maximum absolute atomic E-state index is 8.58. The first-order valence-electron chi connectivity index (χ1n) is 29.6. The molecule has 0 aliphatic heterocycles. The SMILES string of the molecule is [2H]c1c([2H])c([2H])c(-c2cnc(-c3ccc(-c4cc(C(C)(C)C)ccc4C4CC(c5ccccc5Cl)CC(c5ccc(C(C)(C)C)cc5-c5ccc(-c6cc(C)c(-c7c([2H])c([2H])c([2H])c([2H])c7[2H])cn6)cc5)C4)cc3)cc2C)c([2H])c1[2H]. The molecule has 2 aromatic heterocycles. The van der Waals surface area contributed by atoms with E-state index in [-0.39, 0.29) is 88.0 Å². The molecule has 2 heterocycles. The third-order valence-electron chi connectivity index (χ3n) is 14.5. The van der Waals surface area contributed by atoms with Crippen molar-refractivity contribution in [2.24, 2.45) is 0 Å². The van der Waals surface area contributed by atoms with Gasteiger partial charge in [0.25, 0.3) is 0 Å². The molecule has 9 aromatic rings. The number of rotatable bonds is 9. The molecule has 1 fully saturated rings. The summed E-state index contributed by atoms with van der Waals surface area (Å²) in [5.41, 5.74) is 16.5. The first-order valence-corrected chi connectivity index (χ1v) is 25.0. The Balaban J connectivity index is 1.03. The standard InChI is InChI=1S/C68H65ClN2/c1-44-35-65(70-42-62(44)46-17-11-9-12-18-46)50-27-23-48(24-28-50)60-40-55(67(3,4)5)31-33-57(60)52-37-53(39-54(38-52)59-21-15-16-22-64(59)69)58-34-32-56(68(6,7)8)41-61(58)49-25-29-51(30-26-49)66-36-45(2)63(43-71-66)47-19-13-10-14-20-47/h9-36,40-43,52-54H,37-39H2,1-8H3/i9D,10D,11D,12D,13D,14D,17D,18D,19D,20D. The second kappa shape index (κ2) is 19.7. The highest BCUT2D eigenvalue weighted by atomic mass is 35.5. The maximum Gasteiger partial charge on any atom is 0.0705 e. The van der Waals surface area contributed by atoms with E-state index in [0.717, 1.165) is 74.6 Å². The molecule has 10 rings (SSSR count). The van der Waals surface area contributed by atoms with Crippen LogP contribution in [0, 0.1) is 13.8 Å². The van der Waals surface area contributed by atoms with Crippen LogP contribution >= 0.6 is 11.6 Å². The van der Waals surface area contributed by atoms with Crippen molar-refractivity contribution in [3.05, 3.63) is 238 Å². The monoisotopic (exact) mass is 955 g/mol. The fourth-order valence-corrected chi connectivity index (χ4v) is 10.8. The van der Waals surface area contributed by atoms with Crippen LogP contribution in [0.5, 0.6) is 0 Å². The van der Waals surface area contributed by atoms with Gasteiger partial charge in [-0.2, -0.15) is 0 Å². The normalized spacial score (nSPS) is 18.2. The van der Waals surface area contributed by atoms with Crippen LogP contribution in [0.25, 0.3) is 67.0 Å². The van der Waals surface area contributed by atoms with Gasteiger partial charge in [-0.1, -0.05) is 217 Å². The number of benzene rings is 7. The van der Waals surface area contributed by atoms with Gasteiger partial charge in [-0.05, 0) is 152 Å². The van der Waals surface area contributed by atoms with Gasteiger partial charge in [-0.25, -0.2) is 0 Å². The van der Waals surface area contributed by atoms with Crippen LogP contribution in [0.3, 0.4) is 0 Å². The van der Waals surface area contributed by atoms with Gasteiger partial charge in [-0.3, -0.25) is 9.97 Å². The lowest BCUT2D eigenvalue weighted by molar-refractivity contribution is 0.352. The average molecular weight is 956 g/mol. The third-order valence-corrected chi connectivity index (χ3v) is 14.9. The Morgan fingerprint density at radius 2 is 0.803 bits per heavy atom. The van der Waals surface area contributed by atoms with Crippen molar-refractivity contribution >= 4 is 11.6 Å². The molecule has 2 atom stereocenters. The van der Waals surface area contributed by atoms with Gasteiger partial charge in [0.15, 0.2) is 0 Å². The van der Waals surface area contributed by atoms with Gasteiger partial charge in [0.1, 0.15) is 0 Å². The molecule has 0 amide bonds. The predicted octanol–water partition coefficient (Wildman–Crippen LogP) is 19.2. The van der Waals surface area contributed by atoms with Gasteiger partial charge < -0.3 is 0 Å². The highest BCUT2D eigenvalue weighted by Gasteiger charge is 2.35. The Hall–Kier alpha value is -6.87. The van der Waals surface area contributed by atoms with E-state index in [9.17, 15) is 0 Å². The van der Waals surface area contributed by atoms with Crippen molar-refractivity contribution in [1.82, 2.24) is 9.97 Å². The Bertz CT molecular complexity index is 3650. The van der Waals surface area contributed by atoms with Gasteiger partial charge in [0, 0.05) is 39.7 Å². The number of hydrogen-bond donors (Lipinski definition) is 0. The van der Waals surface area contributed by atoms with Gasteiger partial charge in [-0.15, -0.1) is 0 Å². The van der Waals surface area contributed by atoms with Crippen molar-refractivity contribution in [1.29, 1.82) is 0 Å². The molecule has 7 aromatic carbocycles. The molecular weight excluding hydrogens is 880 g/mol. The topological polar surface area (TPSA) is 25.8 Å². The predicted molar refractivity (Wildman–Crippen MR) is 301 cm³/mol. The third kappa shape index (κ3) is 10.2. The van der Waals surface area contributed by atoms with E-state index in [1.807, 2.05) is 38.1 Å². The molecule has 0 spiro atoms. The van der Waals surface area contributed by atoms with Crippen molar-refractivity contribution < 1.29 is 13.7 Å². The molecule has 0 bridgehead atoms. The van der Waals surface area contributed by atoms with E-state index < -0.39 is 12.1 Å². The smallest absolute Gasteiger partial charge is 0.0705 e. The van der Waals surface area contributed by atoms with Crippen LogP contribution in [0.1, 0.15) is 131 Å². The first-order chi connectivity index (χ1) is 38.3. The van der Waals surface area contributed by atoms with E-state index in [0.29, 0.717) is 11.1 Å². The lowest BCUT2D eigenvalue weighted by atomic mass is 9.66. The van der Waals surface area contributed by atoms with Crippen LogP contribution in [0.15, 0.2) is 194 Å². The molecule has 2 nitrogen and oxygen atoms in total. The molecule has 0 radical (unpaired) electrons. The van der Waals surface area contributed by atoms with E-state index in [1.165, 1.54) is 33.4 Å². The minimum absolute atomic E-state index is 0.113. The second-order valence-corrected chi connectivity index (χ2v) is 21.8. The first kappa shape index (κ1) is 37.0. The van der Waals surface area contributed by atoms with E-state index >= 15 is 0 Å². The van der Waals surface area contributed by atoms with E-state index in [1.54, 1.807) is 12.4 Å². The molecule has 1 aliphatic rings. The molecule has 2 unspecified atom stereocenters. The quantitative estimate of drug-likeness (QED) is 0.144. The lowest BCUT2D eigenvalue weighted by Crippen LogP contribution is -2.22. The second-order valence-electron chi connectivity index (χ2n) is 21.3. The summed E-state index contributed by atoms with van der Waals surface area (Å²) in [6, 6.07) is 39.9. The van der Waals surface area contributed by atoms with Crippen molar-refractivity contribution in [2.75, 3.05) is 0 Å². The van der Waals surface area contributed by atoms with Gasteiger partial charge in [0.05, 0.1) is 25.1 Å². The summed E-state index contributed by atoms with van der Waals surface area (Å²) in [5, 5.41) is 0.773. The number of aromatic nitrogens is 2. The fraction of sp³-hybridized carbons (Fsp3) is 0.235. The van der Waals surface area contributed by atoms with Crippen LogP contribution in [0.2, 0.25) is 5.02 Å².